The van der Waals surface area contributed by atoms with Crippen LogP contribution in [0.15, 0.2) is 182 Å². The van der Waals surface area contributed by atoms with Gasteiger partial charge in [0, 0.05) is 14.2 Å². The van der Waals surface area contributed by atoms with Gasteiger partial charge in [0.25, 0.3) is 0 Å². The van der Waals surface area contributed by atoms with E-state index in [1.807, 2.05) is 0 Å². The fourth-order valence-corrected chi connectivity index (χ4v) is 7.96. The zero-order valence-electron chi connectivity index (χ0n) is 37.6. The Labute approximate surface area is 401 Å². The van der Waals surface area contributed by atoms with Gasteiger partial charge in [0.1, 0.15) is 12.2 Å². The van der Waals surface area contributed by atoms with Crippen molar-refractivity contribution in [1.29, 1.82) is 0 Å². The Morgan fingerprint density at radius 2 is 0.471 bits per heavy atom. The van der Waals surface area contributed by atoms with Gasteiger partial charge in [0.15, 0.2) is 49.2 Å². The van der Waals surface area contributed by atoms with Crippen molar-refractivity contribution >= 4 is 35.8 Å². The quantitative estimate of drug-likeness (QED) is 0.0748. The van der Waals surface area contributed by atoms with Gasteiger partial charge < -0.3 is 47.4 Å². The molecule has 6 aromatic rings. The number of hydrogen-bond acceptors (Lipinski definition) is 16. The maximum atomic E-state index is 14.3. The summed E-state index contributed by atoms with van der Waals surface area (Å²) in [5, 5.41) is 0. The summed E-state index contributed by atoms with van der Waals surface area (Å²) in [6, 6.07) is 47.2. The van der Waals surface area contributed by atoms with Crippen LogP contribution >= 0.6 is 0 Å². The smallest absolute Gasteiger partial charge is 0.338 e. The van der Waals surface area contributed by atoms with Crippen LogP contribution in [0, 0.1) is 0 Å². The van der Waals surface area contributed by atoms with E-state index >= 15 is 0 Å². The van der Waals surface area contributed by atoms with E-state index in [0.29, 0.717) is 0 Å². The SMILES string of the molecule is CO[C@H]1O[C@H]([C@@H]2O[C@H](OC)[C@H](OC(=O)c3ccccc3)[C@@H](OC(=O)c3ccccc3)[C@@H]2OC(=O)c2ccccc2)[C@@H](OC(=O)c2ccccc2)[C@H](OC(=O)c2ccccc2)[C@H]1OC(=O)c1ccccc1. The van der Waals surface area contributed by atoms with E-state index in [4.69, 9.17) is 47.4 Å². The Kier molecular flexibility index (Phi) is 15.8. The Balaban J connectivity index is 1.29. The molecule has 0 aliphatic carbocycles. The van der Waals surface area contributed by atoms with Crippen LogP contribution in [0.3, 0.4) is 0 Å². The zero-order valence-corrected chi connectivity index (χ0v) is 37.6. The molecule has 0 spiro atoms. The first-order chi connectivity index (χ1) is 34.1. The van der Waals surface area contributed by atoms with Gasteiger partial charge in [0.05, 0.1) is 33.4 Å². The predicted molar refractivity (Wildman–Crippen MR) is 245 cm³/mol. The fourth-order valence-electron chi connectivity index (χ4n) is 7.96. The van der Waals surface area contributed by atoms with E-state index in [9.17, 15) is 28.8 Å². The minimum Gasteiger partial charge on any atom is -0.452 e. The third kappa shape index (κ3) is 11.3. The van der Waals surface area contributed by atoms with Crippen LogP contribution in [-0.2, 0) is 47.4 Å². The van der Waals surface area contributed by atoms with E-state index in [0.717, 1.165) is 0 Å². The fraction of sp³-hybridized carbons (Fsp3) is 0.222. The predicted octanol–water partition coefficient (Wildman–Crippen LogP) is 7.08. The second kappa shape index (κ2) is 22.9. The lowest BCUT2D eigenvalue weighted by molar-refractivity contribution is -0.349. The number of carbonyl (C=O) groups is 6. The van der Waals surface area contributed by atoms with Crippen molar-refractivity contribution < 1.29 is 76.1 Å². The maximum Gasteiger partial charge on any atom is 0.338 e. The van der Waals surface area contributed by atoms with Gasteiger partial charge in [-0.15, -0.1) is 0 Å². The van der Waals surface area contributed by atoms with Crippen LogP contribution in [-0.4, -0.2) is 111 Å². The summed E-state index contributed by atoms with van der Waals surface area (Å²) in [6.07, 6.45) is -17.4. The molecule has 8 rings (SSSR count). The van der Waals surface area contributed by atoms with E-state index < -0.39 is 97.2 Å². The van der Waals surface area contributed by atoms with Gasteiger partial charge in [-0.2, -0.15) is 0 Å². The van der Waals surface area contributed by atoms with Crippen molar-refractivity contribution in [1.82, 2.24) is 0 Å². The molecule has 0 N–H and O–H groups in total. The summed E-state index contributed by atoms with van der Waals surface area (Å²) in [6.45, 7) is 0. The monoisotopic (exact) mass is 950 g/mol. The van der Waals surface area contributed by atoms with Crippen molar-refractivity contribution in [2.24, 2.45) is 0 Å². The van der Waals surface area contributed by atoms with Crippen LogP contribution < -0.4 is 0 Å². The molecule has 0 bridgehead atoms. The Morgan fingerprint density at radius 3 is 0.671 bits per heavy atom. The molecule has 0 radical (unpaired) electrons. The normalized spacial score (nSPS) is 23.9. The van der Waals surface area contributed by atoms with Crippen molar-refractivity contribution in [3.63, 3.8) is 0 Å². The average molecular weight is 951 g/mol. The number of carbonyl (C=O) groups excluding carboxylic acids is 6. The number of esters is 6. The molecule has 2 aliphatic heterocycles. The van der Waals surface area contributed by atoms with Crippen molar-refractivity contribution in [3.05, 3.63) is 215 Å². The van der Waals surface area contributed by atoms with Crippen LogP contribution in [0.25, 0.3) is 0 Å². The molecule has 16 heteroatoms. The number of methoxy groups -OCH3 is 2. The second-order valence-electron chi connectivity index (χ2n) is 15.8. The number of rotatable bonds is 15. The standard InChI is InChI=1S/C54H46O16/c1-61-53-45(67-51(59)37-29-17-7-18-30-37)43(65-49(57)35-25-13-5-14-26-35)39(63-47(55)33-21-9-3-10-22-33)41(69-53)42-40(64-48(56)34-23-11-4-12-24-34)44(66-50(58)36-27-15-6-16-28-36)46(54(62-2)70-42)68-52(60)38-31-19-8-20-32-38/h3-32,39-46,53-54H,1-2H3/t39-,40-,41-,42+,43+,44+,45-,46-,53+,54+/m1/s1. The highest BCUT2D eigenvalue weighted by atomic mass is 16.8. The summed E-state index contributed by atoms with van der Waals surface area (Å²) in [5.74, 6) is -5.55. The molecule has 6 aromatic carbocycles. The lowest BCUT2D eigenvalue weighted by Crippen LogP contribution is -2.71. The Morgan fingerprint density at radius 1 is 0.286 bits per heavy atom. The Hall–Kier alpha value is -8.02. The van der Waals surface area contributed by atoms with Gasteiger partial charge >= 0.3 is 35.8 Å². The number of ether oxygens (including phenoxy) is 10. The summed E-state index contributed by atoms with van der Waals surface area (Å²) < 4.78 is 62.2. The summed E-state index contributed by atoms with van der Waals surface area (Å²) in [5.41, 5.74) is 0.455. The van der Waals surface area contributed by atoms with Crippen LogP contribution in [0.5, 0.6) is 0 Å². The molecule has 2 saturated heterocycles. The van der Waals surface area contributed by atoms with Gasteiger partial charge in [-0.25, -0.2) is 28.8 Å². The first-order valence-corrected chi connectivity index (χ1v) is 22.1. The molecule has 0 amide bonds. The van der Waals surface area contributed by atoms with Crippen LogP contribution in [0.1, 0.15) is 62.1 Å². The third-order valence-corrected chi connectivity index (χ3v) is 11.4. The summed E-state index contributed by atoms with van der Waals surface area (Å²) >= 11 is 0. The van der Waals surface area contributed by atoms with Crippen molar-refractivity contribution in [3.8, 4) is 0 Å². The zero-order chi connectivity index (χ0) is 49.0. The van der Waals surface area contributed by atoms with Gasteiger partial charge in [-0.1, -0.05) is 109 Å². The first-order valence-electron chi connectivity index (χ1n) is 22.1. The lowest BCUT2D eigenvalue weighted by Gasteiger charge is -2.51. The molecule has 0 aromatic heterocycles. The molecule has 2 fully saturated rings. The topological polar surface area (TPSA) is 195 Å². The average Bonchev–Trinajstić information content (AvgIpc) is 3.41. The molecular formula is C54H46O16. The van der Waals surface area contributed by atoms with Crippen molar-refractivity contribution in [2.75, 3.05) is 14.2 Å². The van der Waals surface area contributed by atoms with Gasteiger partial charge in [-0.05, 0) is 72.8 Å². The molecule has 10 atom stereocenters. The van der Waals surface area contributed by atoms with E-state index in [-0.39, 0.29) is 33.4 Å². The second-order valence-corrected chi connectivity index (χ2v) is 15.8. The maximum absolute atomic E-state index is 14.3. The molecule has 2 aliphatic rings. The van der Waals surface area contributed by atoms with E-state index in [1.54, 1.807) is 109 Å². The highest BCUT2D eigenvalue weighted by Crippen LogP contribution is 2.39. The summed E-state index contributed by atoms with van der Waals surface area (Å²) in [4.78, 5) is 85.0. The molecule has 0 unspecified atom stereocenters. The number of hydrogen-bond donors (Lipinski definition) is 0. The molecule has 358 valence electrons. The van der Waals surface area contributed by atoms with Crippen molar-refractivity contribution in [2.45, 2.75) is 61.4 Å². The highest BCUT2D eigenvalue weighted by Gasteiger charge is 2.62. The highest BCUT2D eigenvalue weighted by molar-refractivity contribution is 5.93. The third-order valence-electron chi connectivity index (χ3n) is 11.4. The van der Waals surface area contributed by atoms with Gasteiger partial charge in [-0.3, -0.25) is 0 Å². The largest absolute Gasteiger partial charge is 0.452 e. The van der Waals surface area contributed by atoms with Gasteiger partial charge in [0.2, 0.25) is 0 Å². The summed E-state index contributed by atoms with van der Waals surface area (Å²) in [7, 11) is 2.46. The van der Waals surface area contributed by atoms with Crippen LogP contribution in [0.2, 0.25) is 0 Å². The van der Waals surface area contributed by atoms with E-state index in [2.05, 4.69) is 0 Å². The minimum absolute atomic E-state index is 0.0509. The molecular weight excluding hydrogens is 905 g/mol. The molecule has 2 heterocycles. The molecule has 70 heavy (non-hydrogen) atoms. The molecule has 16 nitrogen and oxygen atoms in total. The van der Waals surface area contributed by atoms with Crippen LogP contribution in [0.4, 0.5) is 0 Å². The lowest BCUT2D eigenvalue weighted by atomic mass is 9.87. The van der Waals surface area contributed by atoms with E-state index in [1.165, 1.54) is 87.0 Å². The first kappa shape index (κ1) is 48.4. The number of benzene rings is 6. The molecule has 0 saturated carbocycles. The Bertz CT molecular complexity index is 2520. The minimum atomic E-state index is -1.84.